The Morgan fingerprint density at radius 2 is 2.32 bits per heavy atom. The third kappa shape index (κ3) is 4.24. The molecule has 0 saturated carbocycles. The number of amides is 1. The summed E-state index contributed by atoms with van der Waals surface area (Å²) in [6.07, 6.45) is 3.72. The van der Waals surface area contributed by atoms with Gasteiger partial charge in [0.2, 0.25) is 0 Å². The summed E-state index contributed by atoms with van der Waals surface area (Å²) in [6.45, 7) is 4.72. The van der Waals surface area contributed by atoms with Crippen LogP contribution in [0.4, 0.5) is 0 Å². The van der Waals surface area contributed by atoms with Gasteiger partial charge in [-0.2, -0.15) is 0 Å². The second-order valence-electron chi connectivity index (χ2n) is 5.40. The number of β-amino-alcohol motifs (C(OH)–C–C–N with tert-alkyl or cyclic N) is 1. The molecule has 1 saturated heterocycles. The van der Waals surface area contributed by atoms with Gasteiger partial charge in [-0.3, -0.25) is 4.79 Å². The first kappa shape index (κ1) is 16.4. The van der Waals surface area contributed by atoms with Gasteiger partial charge in [-0.15, -0.1) is 6.58 Å². The van der Waals surface area contributed by atoms with E-state index in [0.29, 0.717) is 24.6 Å². The van der Waals surface area contributed by atoms with Crippen molar-refractivity contribution in [3.8, 4) is 11.5 Å². The smallest absolute Gasteiger partial charge is 0.260 e. The van der Waals surface area contributed by atoms with Crippen LogP contribution in [-0.4, -0.2) is 48.8 Å². The quantitative estimate of drug-likeness (QED) is 0.814. The summed E-state index contributed by atoms with van der Waals surface area (Å²) in [5, 5.41) is 9.61. The van der Waals surface area contributed by atoms with Gasteiger partial charge in [0, 0.05) is 13.1 Å². The fourth-order valence-corrected chi connectivity index (χ4v) is 2.54. The van der Waals surface area contributed by atoms with Crippen molar-refractivity contribution in [1.29, 1.82) is 0 Å². The van der Waals surface area contributed by atoms with Gasteiger partial charge in [0.05, 0.1) is 13.2 Å². The number of aliphatic hydroxyl groups is 1. The molecule has 0 aliphatic carbocycles. The van der Waals surface area contributed by atoms with Crippen molar-refractivity contribution in [2.45, 2.75) is 25.4 Å². The number of rotatable bonds is 6. The molecule has 2 rings (SSSR count). The van der Waals surface area contributed by atoms with E-state index in [4.69, 9.17) is 9.47 Å². The van der Waals surface area contributed by atoms with Gasteiger partial charge in [0.25, 0.3) is 5.91 Å². The average Bonchev–Trinajstić information content (AvgIpc) is 2.53. The fraction of sp³-hybridized carbons (Fsp3) is 0.471. The van der Waals surface area contributed by atoms with Gasteiger partial charge in [-0.25, -0.2) is 0 Å². The minimum Gasteiger partial charge on any atom is -0.493 e. The van der Waals surface area contributed by atoms with Gasteiger partial charge >= 0.3 is 0 Å². The van der Waals surface area contributed by atoms with Crippen molar-refractivity contribution in [2.75, 3.05) is 26.8 Å². The van der Waals surface area contributed by atoms with Crippen molar-refractivity contribution < 1.29 is 19.4 Å². The monoisotopic (exact) mass is 305 g/mol. The summed E-state index contributed by atoms with van der Waals surface area (Å²) in [5.41, 5.74) is 1.07. The molecule has 5 nitrogen and oxygen atoms in total. The lowest BCUT2D eigenvalue weighted by atomic mass is 10.1. The molecule has 1 heterocycles. The molecule has 0 unspecified atom stereocenters. The van der Waals surface area contributed by atoms with Gasteiger partial charge in [0.1, 0.15) is 0 Å². The van der Waals surface area contributed by atoms with E-state index >= 15 is 0 Å². The molecular formula is C17H23NO4. The van der Waals surface area contributed by atoms with E-state index in [0.717, 1.165) is 24.8 Å². The summed E-state index contributed by atoms with van der Waals surface area (Å²) < 4.78 is 10.9. The predicted octanol–water partition coefficient (Wildman–Crippen LogP) is 1.79. The molecule has 1 fully saturated rings. The summed E-state index contributed by atoms with van der Waals surface area (Å²) in [5.74, 6) is 1.03. The molecule has 1 atom stereocenters. The Morgan fingerprint density at radius 3 is 3.00 bits per heavy atom. The summed E-state index contributed by atoms with van der Waals surface area (Å²) >= 11 is 0. The van der Waals surface area contributed by atoms with Crippen LogP contribution in [0.25, 0.3) is 0 Å². The van der Waals surface area contributed by atoms with Crippen LogP contribution in [0, 0.1) is 0 Å². The lowest BCUT2D eigenvalue weighted by Gasteiger charge is -2.30. The lowest BCUT2D eigenvalue weighted by Crippen LogP contribution is -2.44. The molecule has 0 spiro atoms. The molecule has 120 valence electrons. The van der Waals surface area contributed by atoms with Crippen LogP contribution in [0.3, 0.4) is 0 Å². The molecule has 0 radical (unpaired) electrons. The fourth-order valence-electron chi connectivity index (χ4n) is 2.54. The second kappa shape index (κ2) is 7.84. The number of piperidine rings is 1. The number of ether oxygens (including phenoxy) is 2. The molecule has 22 heavy (non-hydrogen) atoms. The lowest BCUT2D eigenvalue weighted by molar-refractivity contribution is -0.136. The van der Waals surface area contributed by atoms with Crippen molar-refractivity contribution in [1.82, 2.24) is 4.90 Å². The molecule has 5 heteroatoms. The molecule has 1 N–H and O–H groups in total. The van der Waals surface area contributed by atoms with Crippen LogP contribution in [0.1, 0.15) is 18.4 Å². The maximum absolute atomic E-state index is 12.1. The Balaban J connectivity index is 1.95. The van der Waals surface area contributed by atoms with E-state index < -0.39 is 6.10 Å². The number of allylic oxidation sites excluding steroid dienone is 1. The van der Waals surface area contributed by atoms with Crippen molar-refractivity contribution in [2.24, 2.45) is 0 Å². The Bertz CT molecular complexity index is 529. The van der Waals surface area contributed by atoms with Crippen molar-refractivity contribution in [3.63, 3.8) is 0 Å². The number of carbonyl (C=O) groups excluding carboxylic acids is 1. The van der Waals surface area contributed by atoms with E-state index in [2.05, 4.69) is 6.58 Å². The number of carbonyl (C=O) groups is 1. The van der Waals surface area contributed by atoms with E-state index in [1.807, 2.05) is 18.2 Å². The van der Waals surface area contributed by atoms with E-state index in [9.17, 15) is 9.90 Å². The van der Waals surface area contributed by atoms with Crippen LogP contribution in [-0.2, 0) is 11.2 Å². The van der Waals surface area contributed by atoms with E-state index in [-0.39, 0.29) is 12.5 Å². The highest BCUT2D eigenvalue weighted by atomic mass is 16.5. The van der Waals surface area contributed by atoms with Crippen molar-refractivity contribution >= 4 is 5.91 Å². The maximum Gasteiger partial charge on any atom is 0.260 e. The molecule has 1 aromatic rings. The standard InChI is InChI=1S/C17H23NO4/c1-3-5-13-7-8-15(16(10-13)21-2)22-12-17(20)18-9-4-6-14(19)11-18/h3,7-8,10,14,19H,1,4-6,9,11-12H2,2H3/t14-/m0/s1. The van der Waals surface area contributed by atoms with Crippen LogP contribution in [0.2, 0.25) is 0 Å². The highest BCUT2D eigenvalue weighted by Crippen LogP contribution is 2.28. The zero-order valence-electron chi connectivity index (χ0n) is 13.0. The first-order valence-corrected chi connectivity index (χ1v) is 7.50. The maximum atomic E-state index is 12.1. The van der Waals surface area contributed by atoms with Gasteiger partial charge in [-0.1, -0.05) is 12.1 Å². The Labute approximate surface area is 131 Å². The largest absolute Gasteiger partial charge is 0.493 e. The zero-order chi connectivity index (χ0) is 15.9. The van der Waals surface area contributed by atoms with Gasteiger partial charge < -0.3 is 19.5 Å². The number of nitrogens with zero attached hydrogens (tertiary/aromatic N) is 1. The van der Waals surface area contributed by atoms with Crippen LogP contribution < -0.4 is 9.47 Å². The molecule has 0 aromatic heterocycles. The number of benzene rings is 1. The number of aliphatic hydroxyl groups excluding tert-OH is 1. The number of hydrogen-bond acceptors (Lipinski definition) is 4. The highest BCUT2D eigenvalue weighted by molar-refractivity contribution is 5.78. The molecule has 1 aliphatic heterocycles. The highest BCUT2D eigenvalue weighted by Gasteiger charge is 2.22. The summed E-state index contributed by atoms with van der Waals surface area (Å²) in [6, 6.07) is 5.61. The normalized spacial score (nSPS) is 17.9. The van der Waals surface area contributed by atoms with Crippen LogP contribution in [0.15, 0.2) is 30.9 Å². The second-order valence-corrected chi connectivity index (χ2v) is 5.40. The van der Waals surface area contributed by atoms with Gasteiger partial charge in [-0.05, 0) is 37.0 Å². The van der Waals surface area contributed by atoms with Gasteiger partial charge in [0.15, 0.2) is 18.1 Å². The molecule has 1 aromatic carbocycles. The average molecular weight is 305 g/mol. The van der Waals surface area contributed by atoms with Crippen LogP contribution >= 0.6 is 0 Å². The summed E-state index contributed by atoms with van der Waals surface area (Å²) in [4.78, 5) is 13.8. The van der Waals surface area contributed by atoms with Crippen LogP contribution in [0.5, 0.6) is 11.5 Å². The molecule has 1 aliphatic rings. The molecular weight excluding hydrogens is 282 g/mol. The third-order valence-corrected chi connectivity index (χ3v) is 3.71. The first-order chi connectivity index (χ1) is 10.6. The predicted molar refractivity (Wildman–Crippen MR) is 84.2 cm³/mol. The topological polar surface area (TPSA) is 59.0 Å². The summed E-state index contributed by atoms with van der Waals surface area (Å²) in [7, 11) is 1.57. The SMILES string of the molecule is C=CCc1ccc(OCC(=O)N2CCC[C@H](O)C2)c(OC)c1. The number of methoxy groups -OCH3 is 1. The van der Waals surface area contributed by atoms with E-state index in [1.54, 1.807) is 18.1 Å². The Hall–Kier alpha value is -2.01. The Morgan fingerprint density at radius 1 is 1.50 bits per heavy atom. The molecule has 1 amide bonds. The third-order valence-electron chi connectivity index (χ3n) is 3.71. The Kier molecular flexibility index (Phi) is 5.83. The first-order valence-electron chi connectivity index (χ1n) is 7.50. The molecule has 0 bridgehead atoms. The van der Waals surface area contributed by atoms with E-state index in [1.165, 1.54) is 0 Å². The minimum atomic E-state index is -0.426. The minimum absolute atomic E-state index is 0.0517. The zero-order valence-corrected chi connectivity index (χ0v) is 13.0. The number of hydrogen-bond donors (Lipinski definition) is 1. The van der Waals surface area contributed by atoms with Crippen molar-refractivity contribution in [3.05, 3.63) is 36.4 Å². The number of likely N-dealkylation sites (tertiary alicyclic amines) is 1.